The molecule has 22 heavy (non-hydrogen) atoms. The zero-order valence-electron chi connectivity index (χ0n) is 14.1. The summed E-state index contributed by atoms with van der Waals surface area (Å²) in [5.41, 5.74) is 0. The molecule has 2 aliphatic heterocycles. The van der Waals surface area contributed by atoms with Crippen LogP contribution in [-0.4, -0.2) is 60.1 Å². The largest absolute Gasteiger partial charge is 0.365 e. The highest BCUT2D eigenvalue weighted by atomic mass is 16.5. The molecule has 126 valence electrons. The Balaban J connectivity index is 1.50. The van der Waals surface area contributed by atoms with Gasteiger partial charge in [0.05, 0.1) is 6.10 Å². The van der Waals surface area contributed by atoms with E-state index in [1.165, 1.54) is 45.2 Å². The second-order valence-corrected chi connectivity index (χ2v) is 7.26. The Morgan fingerprint density at radius 3 is 2.45 bits per heavy atom. The molecule has 0 N–H and O–H groups in total. The van der Waals surface area contributed by atoms with Gasteiger partial charge in [0.15, 0.2) is 0 Å². The van der Waals surface area contributed by atoms with Crippen LogP contribution in [0.4, 0.5) is 0 Å². The summed E-state index contributed by atoms with van der Waals surface area (Å²) in [6.07, 6.45) is 10.9. The van der Waals surface area contributed by atoms with Gasteiger partial charge in [-0.1, -0.05) is 26.2 Å². The molecule has 2 atom stereocenters. The third-order valence-electron chi connectivity index (χ3n) is 5.69. The van der Waals surface area contributed by atoms with E-state index in [1.54, 1.807) is 0 Å². The van der Waals surface area contributed by atoms with Crippen LogP contribution in [0.15, 0.2) is 0 Å². The molecule has 0 aromatic carbocycles. The molecule has 0 aromatic heterocycles. The van der Waals surface area contributed by atoms with Crippen LogP contribution < -0.4 is 0 Å². The lowest BCUT2D eigenvalue weighted by Crippen LogP contribution is -2.44. The fourth-order valence-corrected chi connectivity index (χ4v) is 4.31. The van der Waals surface area contributed by atoms with E-state index in [9.17, 15) is 4.79 Å². The van der Waals surface area contributed by atoms with Crippen molar-refractivity contribution in [2.75, 3.05) is 26.2 Å². The van der Waals surface area contributed by atoms with E-state index in [2.05, 4.69) is 16.7 Å². The SMILES string of the molecule is CC[C@H](OC1CCCC1)C(=O)N1CC[C@H](N2CCCCC2)C1. The smallest absolute Gasteiger partial charge is 0.251 e. The molecule has 0 spiro atoms. The Bertz CT molecular complexity index is 362. The van der Waals surface area contributed by atoms with Crippen molar-refractivity contribution in [3.8, 4) is 0 Å². The molecule has 0 unspecified atom stereocenters. The highest BCUT2D eigenvalue weighted by Crippen LogP contribution is 2.25. The molecule has 0 radical (unpaired) electrons. The van der Waals surface area contributed by atoms with Crippen LogP contribution >= 0.6 is 0 Å². The van der Waals surface area contributed by atoms with Crippen LogP contribution in [0, 0.1) is 0 Å². The minimum atomic E-state index is -0.205. The zero-order chi connectivity index (χ0) is 15.4. The molecule has 2 heterocycles. The summed E-state index contributed by atoms with van der Waals surface area (Å²) in [6, 6.07) is 0.591. The summed E-state index contributed by atoms with van der Waals surface area (Å²) in [4.78, 5) is 17.5. The lowest BCUT2D eigenvalue weighted by molar-refractivity contribution is -0.146. The Morgan fingerprint density at radius 1 is 1.05 bits per heavy atom. The topological polar surface area (TPSA) is 32.8 Å². The summed E-state index contributed by atoms with van der Waals surface area (Å²) >= 11 is 0. The number of piperidine rings is 1. The number of carbonyl (C=O) groups excluding carboxylic acids is 1. The fourth-order valence-electron chi connectivity index (χ4n) is 4.31. The summed E-state index contributed by atoms with van der Waals surface area (Å²) in [7, 11) is 0. The summed E-state index contributed by atoms with van der Waals surface area (Å²) < 4.78 is 6.11. The second kappa shape index (κ2) is 7.78. The average Bonchev–Trinajstić information content (AvgIpc) is 3.24. The highest BCUT2D eigenvalue weighted by Gasteiger charge is 2.34. The molecule has 3 fully saturated rings. The predicted molar refractivity (Wildman–Crippen MR) is 87.8 cm³/mol. The third-order valence-corrected chi connectivity index (χ3v) is 5.69. The van der Waals surface area contributed by atoms with Gasteiger partial charge in [-0.3, -0.25) is 9.69 Å². The summed E-state index contributed by atoms with van der Waals surface area (Å²) in [5.74, 6) is 0.244. The van der Waals surface area contributed by atoms with Gasteiger partial charge in [0, 0.05) is 19.1 Å². The molecule has 0 aromatic rings. The summed E-state index contributed by atoms with van der Waals surface area (Å²) in [6.45, 7) is 6.37. The third kappa shape index (κ3) is 3.83. The molecule has 1 amide bonds. The van der Waals surface area contributed by atoms with Gasteiger partial charge in [-0.15, -0.1) is 0 Å². The van der Waals surface area contributed by atoms with Gasteiger partial charge in [0.25, 0.3) is 5.91 Å². The number of amides is 1. The van der Waals surface area contributed by atoms with Crippen LogP contribution in [0.1, 0.15) is 64.7 Å². The highest BCUT2D eigenvalue weighted by molar-refractivity contribution is 5.81. The number of ether oxygens (including phenoxy) is 1. The van der Waals surface area contributed by atoms with E-state index in [-0.39, 0.29) is 12.0 Å². The van der Waals surface area contributed by atoms with E-state index in [1.807, 2.05) is 0 Å². The first-order valence-electron chi connectivity index (χ1n) is 9.46. The van der Waals surface area contributed by atoms with Gasteiger partial charge in [0.1, 0.15) is 6.10 Å². The Morgan fingerprint density at radius 2 is 1.77 bits per heavy atom. The van der Waals surface area contributed by atoms with E-state index in [0.717, 1.165) is 38.8 Å². The lowest BCUT2D eigenvalue weighted by Gasteiger charge is -2.32. The lowest BCUT2D eigenvalue weighted by atomic mass is 10.1. The zero-order valence-corrected chi connectivity index (χ0v) is 14.1. The second-order valence-electron chi connectivity index (χ2n) is 7.26. The Kier molecular flexibility index (Phi) is 5.75. The first kappa shape index (κ1) is 16.3. The van der Waals surface area contributed by atoms with E-state index < -0.39 is 0 Å². The number of nitrogens with zero attached hydrogens (tertiary/aromatic N) is 2. The molecule has 2 saturated heterocycles. The van der Waals surface area contributed by atoms with E-state index in [0.29, 0.717) is 12.1 Å². The van der Waals surface area contributed by atoms with Crippen LogP contribution in [0.25, 0.3) is 0 Å². The van der Waals surface area contributed by atoms with Gasteiger partial charge < -0.3 is 9.64 Å². The summed E-state index contributed by atoms with van der Waals surface area (Å²) in [5, 5.41) is 0. The molecular weight excluding hydrogens is 276 g/mol. The minimum Gasteiger partial charge on any atom is -0.365 e. The van der Waals surface area contributed by atoms with E-state index in [4.69, 9.17) is 4.74 Å². The Labute approximate surface area is 135 Å². The number of hydrogen-bond acceptors (Lipinski definition) is 3. The molecule has 4 heteroatoms. The van der Waals surface area contributed by atoms with Gasteiger partial charge in [0.2, 0.25) is 0 Å². The van der Waals surface area contributed by atoms with Gasteiger partial charge in [-0.05, 0) is 51.6 Å². The maximum Gasteiger partial charge on any atom is 0.251 e. The predicted octanol–water partition coefficient (Wildman–Crippen LogP) is 2.81. The van der Waals surface area contributed by atoms with Crippen molar-refractivity contribution in [1.29, 1.82) is 0 Å². The van der Waals surface area contributed by atoms with Crippen molar-refractivity contribution >= 4 is 5.91 Å². The molecule has 3 rings (SSSR count). The first-order valence-corrected chi connectivity index (χ1v) is 9.46. The maximum atomic E-state index is 12.8. The van der Waals surface area contributed by atoms with E-state index >= 15 is 0 Å². The number of hydrogen-bond donors (Lipinski definition) is 0. The van der Waals surface area contributed by atoms with Crippen molar-refractivity contribution in [3.05, 3.63) is 0 Å². The average molecular weight is 308 g/mol. The van der Waals surface area contributed by atoms with Crippen molar-refractivity contribution < 1.29 is 9.53 Å². The van der Waals surface area contributed by atoms with Crippen molar-refractivity contribution in [2.45, 2.75) is 83.0 Å². The number of carbonyl (C=O) groups is 1. The van der Waals surface area contributed by atoms with Crippen molar-refractivity contribution in [3.63, 3.8) is 0 Å². The molecular formula is C18H32N2O2. The first-order chi connectivity index (χ1) is 10.8. The van der Waals surface area contributed by atoms with Crippen LogP contribution in [0.5, 0.6) is 0 Å². The van der Waals surface area contributed by atoms with Crippen LogP contribution in [0.2, 0.25) is 0 Å². The van der Waals surface area contributed by atoms with Gasteiger partial charge >= 0.3 is 0 Å². The number of rotatable bonds is 5. The fraction of sp³-hybridized carbons (Fsp3) is 0.944. The van der Waals surface area contributed by atoms with Crippen molar-refractivity contribution in [2.24, 2.45) is 0 Å². The maximum absolute atomic E-state index is 12.8. The quantitative estimate of drug-likeness (QED) is 0.783. The Hall–Kier alpha value is -0.610. The molecule has 3 aliphatic rings. The monoisotopic (exact) mass is 308 g/mol. The molecule has 0 bridgehead atoms. The minimum absolute atomic E-state index is 0.205. The number of likely N-dealkylation sites (tertiary alicyclic amines) is 2. The van der Waals surface area contributed by atoms with Crippen LogP contribution in [-0.2, 0) is 9.53 Å². The molecule has 4 nitrogen and oxygen atoms in total. The molecule has 1 saturated carbocycles. The standard InChI is InChI=1S/C18H32N2O2/c1-2-17(22-16-8-4-5-9-16)18(21)20-13-10-15(14-20)19-11-6-3-7-12-19/h15-17H,2-14H2,1H3/t15-,17-/m0/s1. The normalized spacial score (nSPS) is 29.1. The van der Waals surface area contributed by atoms with Gasteiger partial charge in [-0.2, -0.15) is 0 Å². The van der Waals surface area contributed by atoms with Gasteiger partial charge in [-0.25, -0.2) is 0 Å². The van der Waals surface area contributed by atoms with Crippen molar-refractivity contribution in [1.82, 2.24) is 9.80 Å². The van der Waals surface area contributed by atoms with Crippen LogP contribution in [0.3, 0.4) is 0 Å². The molecule has 1 aliphatic carbocycles.